The van der Waals surface area contributed by atoms with Gasteiger partial charge in [0.1, 0.15) is 16.5 Å². The van der Waals surface area contributed by atoms with Crippen LogP contribution in [0.1, 0.15) is 0 Å². The lowest BCUT2D eigenvalue weighted by Crippen LogP contribution is -2.10. The van der Waals surface area contributed by atoms with Gasteiger partial charge in [-0.3, -0.25) is 0 Å². The fraction of sp³-hybridized carbons (Fsp3) is 0. The van der Waals surface area contributed by atoms with Gasteiger partial charge in [0, 0.05) is 10.9 Å². The van der Waals surface area contributed by atoms with Gasteiger partial charge in [0.05, 0.1) is 11.2 Å². The average molecular weight is 390 g/mol. The van der Waals surface area contributed by atoms with E-state index in [1.54, 1.807) is 18.3 Å². The summed E-state index contributed by atoms with van der Waals surface area (Å²) in [6.45, 7) is 0. The molecule has 0 fully saturated rings. The van der Waals surface area contributed by atoms with Gasteiger partial charge in [-0.15, -0.1) is 5.10 Å². The Morgan fingerprint density at radius 3 is 2.54 bits per heavy atom. The minimum absolute atomic E-state index is 0.0289. The quantitative estimate of drug-likeness (QED) is 0.506. The molecule has 0 saturated heterocycles. The number of nitrogens with zero attached hydrogens (tertiary/aromatic N) is 3. The second-order valence-electron chi connectivity index (χ2n) is 5.45. The number of phenols is 2. The molecule has 0 bridgehead atoms. The molecule has 0 amide bonds. The minimum atomic E-state index is -0.705. The fourth-order valence-corrected chi connectivity index (χ4v) is 2.99. The number of benzene rings is 2. The number of fused-ring (bicyclic) bond motifs is 1. The van der Waals surface area contributed by atoms with Gasteiger partial charge in [0.25, 0.3) is 0 Å². The summed E-state index contributed by atoms with van der Waals surface area (Å²) in [4.78, 5) is 12.3. The van der Waals surface area contributed by atoms with Crippen LogP contribution in [0.25, 0.3) is 27.9 Å². The van der Waals surface area contributed by atoms with Gasteiger partial charge >= 0.3 is 5.63 Å². The van der Waals surface area contributed by atoms with Crippen molar-refractivity contribution in [3.8, 4) is 28.4 Å². The summed E-state index contributed by atoms with van der Waals surface area (Å²) in [5.41, 5.74) is 0.652. The van der Waals surface area contributed by atoms with E-state index in [2.05, 4.69) is 10.3 Å². The summed E-state index contributed by atoms with van der Waals surface area (Å²) < 4.78 is 6.48. The molecule has 0 aliphatic carbocycles. The van der Waals surface area contributed by atoms with E-state index in [9.17, 15) is 15.0 Å². The molecule has 2 N–H and O–H groups in total. The zero-order chi connectivity index (χ0) is 18.4. The van der Waals surface area contributed by atoms with E-state index < -0.39 is 5.63 Å². The highest BCUT2D eigenvalue weighted by Gasteiger charge is 2.16. The Labute approximate surface area is 155 Å². The Morgan fingerprint density at radius 1 is 1.08 bits per heavy atom. The van der Waals surface area contributed by atoms with Crippen LogP contribution in [0.3, 0.4) is 0 Å². The molecular weight excluding hydrogens is 381 g/mol. The monoisotopic (exact) mass is 389 g/mol. The van der Waals surface area contributed by atoms with E-state index in [4.69, 9.17) is 27.6 Å². The van der Waals surface area contributed by atoms with Crippen molar-refractivity contribution in [3.63, 3.8) is 0 Å². The van der Waals surface area contributed by atoms with Crippen LogP contribution in [0, 0.1) is 0 Å². The molecule has 0 spiro atoms. The molecule has 130 valence electrons. The Hall–Kier alpha value is -3.03. The molecule has 0 radical (unpaired) electrons. The molecule has 0 aliphatic heterocycles. The number of phenolic OH excluding ortho intramolecular Hbond substituents is 2. The third kappa shape index (κ3) is 2.67. The summed E-state index contributed by atoms with van der Waals surface area (Å²) in [6, 6.07) is 9.32. The summed E-state index contributed by atoms with van der Waals surface area (Å²) >= 11 is 11.9. The van der Waals surface area contributed by atoms with E-state index in [1.807, 2.05) is 0 Å². The number of halogens is 2. The van der Waals surface area contributed by atoms with Crippen molar-refractivity contribution >= 4 is 34.2 Å². The standard InChI is InChI=1S/C17H9Cl2N3O4/c18-11-5-9-6-13(17(25)26-16(9)14(19)15(11)24)22-7-12(20-21-22)8-1-3-10(23)4-2-8/h1-7,23-24H. The first kappa shape index (κ1) is 16.4. The summed E-state index contributed by atoms with van der Waals surface area (Å²) in [5, 5.41) is 27.4. The third-order valence-corrected chi connectivity index (χ3v) is 4.42. The second kappa shape index (κ2) is 6.05. The molecule has 0 atom stereocenters. The fourth-order valence-electron chi connectivity index (χ4n) is 2.48. The molecule has 2 heterocycles. The largest absolute Gasteiger partial charge is 0.508 e. The number of hydrogen-bond donors (Lipinski definition) is 2. The van der Waals surface area contributed by atoms with Crippen molar-refractivity contribution in [2.75, 3.05) is 0 Å². The van der Waals surface area contributed by atoms with Gasteiger partial charge in [-0.25, -0.2) is 9.48 Å². The van der Waals surface area contributed by atoms with Gasteiger partial charge in [0.15, 0.2) is 17.0 Å². The van der Waals surface area contributed by atoms with E-state index in [-0.39, 0.29) is 32.8 Å². The molecule has 7 nitrogen and oxygen atoms in total. The first-order valence-corrected chi connectivity index (χ1v) is 8.06. The minimum Gasteiger partial charge on any atom is -0.508 e. The van der Waals surface area contributed by atoms with Crippen molar-refractivity contribution in [2.45, 2.75) is 0 Å². The summed E-state index contributed by atoms with van der Waals surface area (Å²) in [5.74, 6) is -0.222. The normalized spacial score (nSPS) is 11.2. The van der Waals surface area contributed by atoms with Crippen LogP contribution in [0.5, 0.6) is 11.5 Å². The number of hydrogen-bond acceptors (Lipinski definition) is 6. The molecule has 0 aliphatic rings. The molecule has 0 unspecified atom stereocenters. The lowest BCUT2D eigenvalue weighted by Gasteiger charge is -2.05. The highest BCUT2D eigenvalue weighted by atomic mass is 35.5. The molecule has 4 aromatic rings. The van der Waals surface area contributed by atoms with Gasteiger partial charge in [-0.2, -0.15) is 0 Å². The lowest BCUT2D eigenvalue weighted by molar-refractivity contribution is 0.473. The van der Waals surface area contributed by atoms with E-state index in [1.165, 1.54) is 28.9 Å². The van der Waals surface area contributed by atoms with Crippen molar-refractivity contribution in [1.29, 1.82) is 0 Å². The number of rotatable bonds is 2. The molecule has 4 rings (SSSR count). The van der Waals surface area contributed by atoms with E-state index in [0.29, 0.717) is 11.1 Å². The molecule has 0 saturated carbocycles. The van der Waals surface area contributed by atoms with Crippen molar-refractivity contribution in [3.05, 3.63) is 63.1 Å². The zero-order valence-corrected chi connectivity index (χ0v) is 14.4. The van der Waals surface area contributed by atoms with Crippen LogP contribution in [0.4, 0.5) is 0 Å². The van der Waals surface area contributed by atoms with Crippen LogP contribution in [-0.4, -0.2) is 25.2 Å². The van der Waals surface area contributed by atoms with E-state index in [0.717, 1.165) is 5.56 Å². The molecule has 2 aromatic carbocycles. The summed E-state index contributed by atoms with van der Waals surface area (Å²) in [7, 11) is 0. The number of aromatic hydroxyl groups is 2. The Morgan fingerprint density at radius 2 is 1.81 bits per heavy atom. The predicted molar refractivity (Wildman–Crippen MR) is 96.2 cm³/mol. The van der Waals surface area contributed by atoms with Gasteiger partial charge in [0.2, 0.25) is 0 Å². The molecule has 9 heteroatoms. The van der Waals surface area contributed by atoms with E-state index >= 15 is 0 Å². The van der Waals surface area contributed by atoms with Gasteiger partial charge in [-0.1, -0.05) is 28.4 Å². The number of aromatic nitrogens is 3. The highest BCUT2D eigenvalue weighted by Crippen LogP contribution is 2.38. The maximum absolute atomic E-state index is 12.3. The van der Waals surface area contributed by atoms with Crippen LogP contribution < -0.4 is 5.63 Å². The predicted octanol–water partition coefficient (Wildman–Crippen LogP) is 3.76. The SMILES string of the molecule is O=c1oc2c(Cl)c(O)c(Cl)cc2cc1-n1cc(-c2ccc(O)cc2)nn1. The van der Waals surface area contributed by atoms with Gasteiger partial charge < -0.3 is 14.6 Å². The topological polar surface area (TPSA) is 101 Å². The Balaban J connectivity index is 1.85. The van der Waals surface area contributed by atoms with Crippen LogP contribution in [0.15, 0.2) is 51.8 Å². The average Bonchev–Trinajstić information content (AvgIpc) is 3.11. The molecular formula is C17H9Cl2N3O4. The Kier molecular flexibility index (Phi) is 3.82. The van der Waals surface area contributed by atoms with Crippen molar-refractivity contribution < 1.29 is 14.6 Å². The summed E-state index contributed by atoms with van der Waals surface area (Å²) in [6.07, 6.45) is 1.55. The lowest BCUT2D eigenvalue weighted by atomic mass is 10.1. The van der Waals surface area contributed by atoms with Gasteiger partial charge in [-0.05, 0) is 36.4 Å². The zero-order valence-electron chi connectivity index (χ0n) is 12.8. The van der Waals surface area contributed by atoms with Crippen LogP contribution in [-0.2, 0) is 0 Å². The maximum Gasteiger partial charge on any atom is 0.362 e. The maximum atomic E-state index is 12.3. The second-order valence-corrected chi connectivity index (χ2v) is 6.24. The van der Waals surface area contributed by atoms with Crippen LogP contribution >= 0.6 is 23.2 Å². The molecule has 26 heavy (non-hydrogen) atoms. The first-order valence-electron chi connectivity index (χ1n) is 7.31. The van der Waals surface area contributed by atoms with Crippen molar-refractivity contribution in [1.82, 2.24) is 15.0 Å². The first-order chi connectivity index (χ1) is 12.4. The Bertz CT molecular complexity index is 1200. The highest BCUT2D eigenvalue weighted by molar-refractivity contribution is 6.40. The van der Waals surface area contributed by atoms with Crippen molar-refractivity contribution in [2.24, 2.45) is 0 Å². The van der Waals surface area contributed by atoms with Crippen LogP contribution in [0.2, 0.25) is 10.0 Å². The molecule has 2 aromatic heterocycles. The smallest absolute Gasteiger partial charge is 0.362 e. The third-order valence-electron chi connectivity index (χ3n) is 3.78.